The molecule has 0 spiro atoms. The number of halogens is 1. The monoisotopic (exact) mass is 496 g/mol. The fourth-order valence-electron chi connectivity index (χ4n) is 4.71. The lowest BCUT2D eigenvalue weighted by Gasteiger charge is -2.24. The Labute approximate surface area is 214 Å². The molecule has 6 heteroatoms. The van der Waals surface area contributed by atoms with Gasteiger partial charge in [-0.25, -0.2) is 0 Å². The van der Waals surface area contributed by atoms with Crippen LogP contribution in [0.15, 0.2) is 89.7 Å². The summed E-state index contributed by atoms with van der Waals surface area (Å²) in [5.74, 6) is -0.968. The average molecular weight is 497 g/mol. The van der Waals surface area contributed by atoms with E-state index in [4.69, 9.17) is 11.6 Å². The summed E-state index contributed by atoms with van der Waals surface area (Å²) in [4.78, 5) is 42.6. The number of nitrogens with zero attached hydrogens (tertiary/aromatic N) is 2. The van der Waals surface area contributed by atoms with Gasteiger partial charge < -0.3 is 0 Å². The first-order valence-corrected chi connectivity index (χ1v) is 12.1. The molecule has 4 aromatic rings. The normalized spacial score (nSPS) is 13.3. The molecule has 36 heavy (non-hydrogen) atoms. The van der Waals surface area contributed by atoms with Crippen LogP contribution >= 0.6 is 11.6 Å². The fourth-order valence-corrected chi connectivity index (χ4v) is 4.91. The Morgan fingerprint density at radius 3 is 2.11 bits per heavy atom. The van der Waals surface area contributed by atoms with Crippen LogP contribution in [0.5, 0.6) is 0 Å². The molecule has 1 aliphatic rings. The third-order valence-electron chi connectivity index (χ3n) is 6.45. The Bertz CT molecular complexity index is 1570. The number of amides is 2. The van der Waals surface area contributed by atoms with Crippen LogP contribution in [0, 0.1) is 0 Å². The second-order valence-electron chi connectivity index (χ2n) is 9.88. The minimum Gasteiger partial charge on any atom is -0.271 e. The molecule has 0 saturated carbocycles. The molecule has 0 bridgehead atoms. The van der Waals surface area contributed by atoms with Crippen molar-refractivity contribution in [2.75, 3.05) is 0 Å². The van der Waals surface area contributed by atoms with Gasteiger partial charge in [0.25, 0.3) is 17.4 Å². The lowest BCUT2D eigenvalue weighted by atomic mass is 9.85. The van der Waals surface area contributed by atoms with Gasteiger partial charge in [-0.1, -0.05) is 99.1 Å². The topological polar surface area (TPSA) is 59.4 Å². The van der Waals surface area contributed by atoms with Crippen LogP contribution in [0.25, 0.3) is 16.8 Å². The highest BCUT2D eigenvalue weighted by Crippen LogP contribution is 2.36. The second kappa shape index (κ2) is 8.92. The Morgan fingerprint density at radius 1 is 0.778 bits per heavy atom. The first kappa shape index (κ1) is 23.8. The lowest BCUT2D eigenvalue weighted by Crippen LogP contribution is -2.31. The Hall–Kier alpha value is -3.96. The Balaban J connectivity index is 1.79. The van der Waals surface area contributed by atoms with E-state index in [1.807, 2.05) is 81.4 Å². The average Bonchev–Trinajstić information content (AvgIpc) is 3.10. The summed E-state index contributed by atoms with van der Waals surface area (Å²) in [6.45, 7) is 6.15. The largest absolute Gasteiger partial charge is 0.279 e. The van der Waals surface area contributed by atoms with Gasteiger partial charge in [0.15, 0.2) is 0 Å². The quantitative estimate of drug-likeness (QED) is 0.314. The Morgan fingerprint density at radius 2 is 1.42 bits per heavy atom. The minimum atomic E-state index is -0.520. The van der Waals surface area contributed by atoms with Crippen LogP contribution in [0.2, 0.25) is 5.02 Å². The molecular formula is C30H25ClN2O3. The van der Waals surface area contributed by atoms with E-state index < -0.39 is 11.8 Å². The van der Waals surface area contributed by atoms with E-state index in [2.05, 4.69) is 0 Å². The number of pyridine rings is 1. The highest BCUT2D eigenvalue weighted by Gasteiger charge is 2.42. The van der Waals surface area contributed by atoms with Gasteiger partial charge in [-0.2, -0.15) is 0 Å². The van der Waals surface area contributed by atoms with Crippen molar-refractivity contribution in [2.24, 2.45) is 0 Å². The van der Waals surface area contributed by atoms with Gasteiger partial charge in [-0.05, 0) is 34.2 Å². The van der Waals surface area contributed by atoms with Gasteiger partial charge >= 0.3 is 0 Å². The molecule has 1 aromatic heterocycles. The highest BCUT2D eigenvalue weighted by molar-refractivity contribution is 6.31. The number of hydrogen-bond donors (Lipinski definition) is 0. The summed E-state index contributed by atoms with van der Waals surface area (Å²) < 4.78 is 1.40. The van der Waals surface area contributed by atoms with Crippen molar-refractivity contribution in [3.63, 3.8) is 0 Å². The van der Waals surface area contributed by atoms with Crippen molar-refractivity contribution in [2.45, 2.75) is 32.7 Å². The second-order valence-corrected chi connectivity index (χ2v) is 10.3. The maximum atomic E-state index is 13.9. The van der Waals surface area contributed by atoms with E-state index in [-0.39, 0.29) is 28.8 Å². The summed E-state index contributed by atoms with van der Waals surface area (Å²) in [6, 6.07) is 25.3. The van der Waals surface area contributed by atoms with Crippen LogP contribution in [0.1, 0.15) is 52.7 Å². The maximum Gasteiger partial charge on any atom is 0.279 e. The molecule has 3 aromatic carbocycles. The number of benzene rings is 3. The zero-order valence-electron chi connectivity index (χ0n) is 20.3. The minimum absolute atomic E-state index is 0.00928. The summed E-state index contributed by atoms with van der Waals surface area (Å²) in [7, 11) is 0. The molecule has 0 N–H and O–H groups in total. The maximum absolute atomic E-state index is 13.9. The van der Waals surface area contributed by atoms with Crippen molar-refractivity contribution >= 4 is 23.4 Å². The number of carbonyl (C=O) groups excluding carboxylic acids is 2. The first-order chi connectivity index (χ1) is 17.2. The molecule has 0 aliphatic carbocycles. The van der Waals surface area contributed by atoms with E-state index in [9.17, 15) is 14.4 Å². The Kier molecular flexibility index (Phi) is 5.89. The molecule has 0 radical (unpaired) electrons. The third kappa shape index (κ3) is 3.95. The van der Waals surface area contributed by atoms with Gasteiger partial charge in [-0.3, -0.25) is 23.9 Å². The van der Waals surface area contributed by atoms with Crippen molar-refractivity contribution < 1.29 is 9.59 Å². The van der Waals surface area contributed by atoms with Crippen molar-refractivity contribution in [1.29, 1.82) is 0 Å². The molecule has 180 valence electrons. The van der Waals surface area contributed by atoms with E-state index in [0.717, 1.165) is 5.56 Å². The molecule has 5 nitrogen and oxygen atoms in total. The predicted molar refractivity (Wildman–Crippen MR) is 142 cm³/mol. The number of fused-ring (bicyclic) bond motifs is 1. The molecule has 1 aliphatic heterocycles. The van der Waals surface area contributed by atoms with E-state index in [1.54, 1.807) is 18.2 Å². The number of para-hydroxylation sites is 1. The van der Waals surface area contributed by atoms with Crippen molar-refractivity contribution in [1.82, 2.24) is 9.47 Å². The van der Waals surface area contributed by atoms with Gasteiger partial charge in [0.1, 0.15) is 5.69 Å². The van der Waals surface area contributed by atoms with Crippen LogP contribution in [0.3, 0.4) is 0 Å². The van der Waals surface area contributed by atoms with Gasteiger partial charge in [0.05, 0.1) is 17.8 Å². The lowest BCUT2D eigenvalue weighted by molar-refractivity contribution is 0.0639. The molecule has 2 heterocycles. The molecular weight excluding hydrogens is 472 g/mol. The molecule has 5 rings (SSSR count). The van der Waals surface area contributed by atoms with E-state index >= 15 is 0 Å². The summed E-state index contributed by atoms with van der Waals surface area (Å²) in [5.41, 5.74) is 2.91. The number of hydrogen-bond acceptors (Lipinski definition) is 3. The number of carbonyl (C=O) groups is 2. The first-order valence-electron chi connectivity index (χ1n) is 11.7. The molecule has 0 unspecified atom stereocenters. The summed E-state index contributed by atoms with van der Waals surface area (Å²) in [5, 5.41) is 0.466. The smallest absolute Gasteiger partial charge is 0.271 e. The van der Waals surface area contributed by atoms with Crippen LogP contribution in [-0.4, -0.2) is 21.3 Å². The molecule has 2 amide bonds. The SMILES string of the molecule is CC(C)(C)c1ccccc1-n1c2c(c(-c3ccccc3)cc1=O)C(=O)N(Cc1ccccc1Cl)C2=O. The summed E-state index contributed by atoms with van der Waals surface area (Å²) >= 11 is 6.36. The van der Waals surface area contributed by atoms with Gasteiger partial charge in [0, 0.05) is 16.7 Å². The van der Waals surface area contributed by atoms with Gasteiger partial charge in [0.2, 0.25) is 0 Å². The molecule has 0 atom stereocenters. The van der Waals surface area contributed by atoms with Crippen molar-refractivity contribution in [3.8, 4) is 16.8 Å². The molecule has 0 saturated heterocycles. The third-order valence-corrected chi connectivity index (χ3v) is 6.82. The molecule has 0 fully saturated rings. The summed E-state index contributed by atoms with van der Waals surface area (Å²) in [6.07, 6.45) is 0. The zero-order chi connectivity index (χ0) is 25.6. The number of aromatic nitrogens is 1. The van der Waals surface area contributed by atoms with Crippen LogP contribution < -0.4 is 5.56 Å². The highest BCUT2D eigenvalue weighted by atomic mass is 35.5. The predicted octanol–water partition coefficient (Wildman–Crippen LogP) is 6.25. The van der Waals surface area contributed by atoms with E-state index in [1.165, 1.54) is 15.5 Å². The zero-order valence-corrected chi connectivity index (χ0v) is 21.0. The van der Waals surface area contributed by atoms with Crippen molar-refractivity contribution in [3.05, 3.63) is 123 Å². The van der Waals surface area contributed by atoms with Gasteiger partial charge in [-0.15, -0.1) is 0 Å². The fraction of sp³-hybridized carbons (Fsp3) is 0.167. The number of imide groups is 1. The number of rotatable bonds is 4. The van der Waals surface area contributed by atoms with Crippen LogP contribution in [-0.2, 0) is 12.0 Å². The standard InChI is InChI=1S/C30H25ClN2O3/c1-30(2,3)22-14-8-10-16-24(22)33-25(34)17-21(19-11-5-4-6-12-19)26-27(33)29(36)32(28(26)35)18-20-13-7-9-15-23(20)31/h4-17H,18H2,1-3H3. The van der Waals surface area contributed by atoms with Crippen LogP contribution in [0.4, 0.5) is 0 Å². The van der Waals surface area contributed by atoms with E-state index in [0.29, 0.717) is 27.4 Å².